The summed E-state index contributed by atoms with van der Waals surface area (Å²) in [7, 11) is 1.74. The van der Waals surface area contributed by atoms with E-state index in [0.29, 0.717) is 18.5 Å². The first kappa shape index (κ1) is 16.1. The molecule has 1 atom stereocenters. The Labute approximate surface area is 131 Å². The number of hydrogen-bond acceptors (Lipinski definition) is 3. The highest BCUT2D eigenvalue weighted by molar-refractivity contribution is 6.17. The van der Waals surface area contributed by atoms with Gasteiger partial charge in [-0.05, 0) is 25.5 Å². The van der Waals surface area contributed by atoms with Crippen LogP contribution in [0.3, 0.4) is 0 Å². The number of hydrogen-bond donors (Lipinski definition) is 0. The Morgan fingerprint density at radius 1 is 1.33 bits per heavy atom. The van der Waals surface area contributed by atoms with Gasteiger partial charge in [-0.15, -0.1) is 11.6 Å². The fourth-order valence-corrected chi connectivity index (χ4v) is 2.64. The van der Waals surface area contributed by atoms with Crippen molar-refractivity contribution in [2.24, 2.45) is 0 Å². The minimum absolute atomic E-state index is 0.427. The van der Waals surface area contributed by atoms with Gasteiger partial charge in [-0.25, -0.2) is 0 Å². The smallest absolute Gasteiger partial charge is 0.0726 e. The third kappa shape index (κ3) is 3.66. The lowest BCUT2D eigenvalue weighted by atomic mass is 10.1. The van der Waals surface area contributed by atoms with E-state index in [1.54, 1.807) is 7.11 Å². The summed E-state index contributed by atoms with van der Waals surface area (Å²) in [6.45, 7) is 6.01. The van der Waals surface area contributed by atoms with E-state index < -0.39 is 0 Å². The molecule has 0 radical (unpaired) electrons. The molecule has 0 aliphatic carbocycles. The number of halogens is 1. The zero-order valence-electron chi connectivity index (χ0n) is 13.0. The highest BCUT2D eigenvalue weighted by atomic mass is 35.5. The van der Waals surface area contributed by atoms with Crippen LogP contribution in [0.1, 0.15) is 26.0 Å². The monoisotopic (exact) mass is 306 g/mol. The van der Waals surface area contributed by atoms with Crippen molar-refractivity contribution in [3.8, 4) is 0 Å². The Balaban J connectivity index is 2.53. The Kier molecular flexibility index (Phi) is 5.83. The Bertz CT molecular complexity index is 588. The lowest BCUT2D eigenvalue weighted by molar-refractivity contribution is 0.203. The predicted molar refractivity (Wildman–Crippen MR) is 90.3 cm³/mol. The molecule has 1 heterocycles. The number of benzene rings is 1. The number of methoxy groups -OCH3 is 1. The van der Waals surface area contributed by atoms with Crippen LogP contribution in [-0.2, 0) is 10.6 Å². The number of ether oxygens (including phenoxy) is 1. The van der Waals surface area contributed by atoms with Gasteiger partial charge in [0.1, 0.15) is 0 Å². The maximum atomic E-state index is 6.02. The average Bonchev–Trinajstić information content (AvgIpc) is 2.54. The van der Waals surface area contributed by atoms with E-state index in [9.17, 15) is 0 Å². The summed E-state index contributed by atoms with van der Waals surface area (Å²) >= 11 is 6.02. The van der Waals surface area contributed by atoms with Crippen molar-refractivity contribution in [2.75, 3.05) is 25.2 Å². The quantitative estimate of drug-likeness (QED) is 0.716. The van der Waals surface area contributed by atoms with E-state index in [2.05, 4.69) is 41.9 Å². The summed E-state index contributed by atoms with van der Waals surface area (Å²) in [6.07, 6.45) is 1.08. The van der Waals surface area contributed by atoms with Crippen LogP contribution in [0.5, 0.6) is 0 Å². The van der Waals surface area contributed by atoms with E-state index >= 15 is 0 Å². The molecule has 0 N–H and O–H groups in total. The topological polar surface area (TPSA) is 25.4 Å². The highest BCUT2D eigenvalue weighted by Crippen LogP contribution is 2.29. The molecule has 1 aromatic heterocycles. The minimum atomic E-state index is 0.427. The number of anilines is 1. The number of aromatic nitrogens is 1. The molecule has 0 spiro atoms. The lowest BCUT2D eigenvalue weighted by Gasteiger charge is -2.32. The lowest BCUT2D eigenvalue weighted by Crippen LogP contribution is -2.35. The van der Waals surface area contributed by atoms with Gasteiger partial charge in [-0.1, -0.05) is 25.1 Å². The van der Waals surface area contributed by atoms with E-state index in [4.69, 9.17) is 16.3 Å². The summed E-state index contributed by atoms with van der Waals surface area (Å²) in [5.41, 5.74) is 3.11. The number of alkyl halides is 1. The first-order valence-electron chi connectivity index (χ1n) is 7.41. The highest BCUT2D eigenvalue weighted by Gasteiger charge is 2.16. The van der Waals surface area contributed by atoms with E-state index in [1.165, 1.54) is 11.1 Å². The van der Waals surface area contributed by atoms with Gasteiger partial charge in [0.15, 0.2) is 0 Å². The molecule has 0 fully saturated rings. The largest absolute Gasteiger partial charge is 0.383 e. The van der Waals surface area contributed by atoms with Crippen LogP contribution in [0.15, 0.2) is 30.3 Å². The molecule has 3 nitrogen and oxygen atoms in total. The Morgan fingerprint density at radius 3 is 2.76 bits per heavy atom. The van der Waals surface area contributed by atoms with E-state index in [-0.39, 0.29) is 0 Å². The molecule has 0 aliphatic heterocycles. The number of para-hydroxylation sites is 1. The van der Waals surface area contributed by atoms with Crippen LogP contribution in [0, 0.1) is 0 Å². The molecule has 2 aromatic rings. The first-order chi connectivity index (χ1) is 10.2. The van der Waals surface area contributed by atoms with Gasteiger partial charge in [0.25, 0.3) is 0 Å². The second-order valence-electron chi connectivity index (χ2n) is 5.23. The molecule has 4 heteroatoms. The van der Waals surface area contributed by atoms with Crippen LogP contribution >= 0.6 is 11.6 Å². The second-order valence-corrected chi connectivity index (χ2v) is 5.49. The van der Waals surface area contributed by atoms with Gasteiger partial charge in [0, 0.05) is 30.8 Å². The molecule has 1 aromatic carbocycles. The molecular formula is C17H23ClN2O. The number of pyridine rings is 1. The number of nitrogens with zero attached hydrogens (tertiary/aromatic N) is 2. The number of fused-ring (bicyclic) bond motifs is 1. The molecule has 0 saturated heterocycles. The SMILES string of the molecule is CCC(C)N(CCOC)c1cc(CCl)nc2ccccc12. The predicted octanol–water partition coefficient (Wildman–Crippen LogP) is 4.22. The summed E-state index contributed by atoms with van der Waals surface area (Å²) in [6, 6.07) is 10.8. The average molecular weight is 307 g/mol. The zero-order valence-corrected chi connectivity index (χ0v) is 13.7. The van der Waals surface area contributed by atoms with Crippen molar-refractivity contribution < 1.29 is 4.74 Å². The molecule has 0 saturated carbocycles. The molecule has 0 aliphatic rings. The molecule has 0 bridgehead atoms. The van der Waals surface area contributed by atoms with Gasteiger partial charge < -0.3 is 9.64 Å². The first-order valence-corrected chi connectivity index (χ1v) is 7.94. The van der Waals surface area contributed by atoms with Crippen LogP contribution in [0.4, 0.5) is 5.69 Å². The Morgan fingerprint density at radius 2 is 2.10 bits per heavy atom. The molecule has 1 unspecified atom stereocenters. The standard InChI is InChI=1S/C17H23ClN2O/c1-4-13(2)20(9-10-21-3)17-11-14(12-18)19-16-8-6-5-7-15(16)17/h5-8,11,13H,4,9-10,12H2,1-3H3. The fourth-order valence-electron chi connectivity index (χ4n) is 2.50. The molecule has 114 valence electrons. The molecule has 2 rings (SSSR count). The van der Waals surface area contributed by atoms with Crippen LogP contribution < -0.4 is 4.90 Å². The summed E-state index contributed by atoms with van der Waals surface area (Å²) in [4.78, 5) is 7.00. The van der Waals surface area contributed by atoms with Crippen molar-refractivity contribution in [2.45, 2.75) is 32.2 Å². The molecular weight excluding hydrogens is 284 g/mol. The van der Waals surface area contributed by atoms with Gasteiger partial charge in [-0.2, -0.15) is 0 Å². The third-order valence-corrected chi connectivity index (χ3v) is 4.13. The van der Waals surface area contributed by atoms with E-state index in [1.807, 2.05) is 12.1 Å². The summed E-state index contributed by atoms with van der Waals surface area (Å²) < 4.78 is 5.27. The van der Waals surface area contributed by atoms with Crippen molar-refractivity contribution in [1.29, 1.82) is 0 Å². The normalized spacial score (nSPS) is 12.6. The van der Waals surface area contributed by atoms with Crippen molar-refractivity contribution >= 4 is 28.2 Å². The van der Waals surface area contributed by atoms with Gasteiger partial charge in [0.2, 0.25) is 0 Å². The maximum absolute atomic E-state index is 6.02. The third-order valence-electron chi connectivity index (χ3n) is 3.85. The van der Waals surface area contributed by atoms with Gasteiger partial charge in [0.05, 0.1) is 23.7 Å². The molecule has 21 heavy (non-hydrogen) atoms. The number of rotatable bonds is 7. The zero-order chi connectivity index (χ0) is 15.2. The van der Waals surface area contributed by atoms with Gasteiger partial charge in [-0.3, -0.25) is 4.98 Å². The molecule has 0 amide bonds. The van der Waals surface area contributed by atoms with Crippen LogP contribution in [0.2, 0.25) is 0 Å². The van der Waals surface area contributed by atoms with E-state index in [0.717, 1.165) is 24.2 Å². The summed E-state index contributed by atoms with van der Waals surface area (Å²) in [5.74, 6) is 0.427. The maximum Gasteiger partial charge on any atom is 0.0726 e. The second kappa shape index (κ2) is 7.62. The summed E-state index contributed by atoms with van der Waals surface area (Å²) in [5, 5.41) is 1.17. The Hall–Kier alpha value is -1.32. The van der Waals surface area contributed by atoms with Crippen molar-refractivity contribution in [1.82, 2.24) is 4.98 Å². The van der Waals surface area contributed by atoms with Crippen molar-refractivity contribution in [3.05, 3.63) is 36.0 Å². The van der Waals surface area contributed by atoms with Crippen LogP contribution in [0.25, 0.3) is 10.9 Å². The van der Waals surface area contributed by atoms with Gasteiger partial charge >= 0.3 is 0 Å². The minimum Gasteiger partial charge on any atom is -0.383 e. The van der Waals surface area contributed by atoms with Crippen LogP contribution in [-0.4, -0.2) is 31.3 Å². The fraction of sp³-hybridized carbons (Fsp3) is 0.471. The van der Waals surface area contributed by atoms with Crippen molar-refractivity contribution in [3.63, 3.8) is 0 Å².